The van der Waals surface area contributed by atoms with Crippen LogP contribution in [0.4, 0.5) is 20.4 Å². The van der Waals surface area contributed by atoms with E-state index < -0.39 is 6.29 Å². The monoisotopic (exact) mass is 253 g/mol. The highest BCUT2D eigenvalue weighted by atomic mass is 19.3. The van der Waals surface area contributed by atoms with E-state index in [9.17, 15) is 8.78 Å². The van der Waals surface area contributed by atoms with Gasteiger partial charge in [-0.2, -0.15) is 0 Å². The van der Waals surface area contributed by atoms with E-state index in [1.54, 1.807) is 12.3 Å². The number of alkyl halides is 2. The van der Waals surface area contributed by atoms with Crippen LogP contribution in [0.5, 0.6) is 11.5 Å². The van der Waals surface area contributed by atoms with Crippen LogP contribution in [-0.2, 0) is 0 Å². The summed E-state index contributed by atoms with van der Waals surface area (Å²) in [5.74, 6) is 0.535. The SMILES string of the molecule is Cc1cnc(Nc2ccc3c(c2)OC(F)(F)O3)[nH]1. The zero-order valence-electron chi connectivity index (χ0n) is 9.33. The third-order valence-electron chi connectivity index (χ3n) is 2.37. The van der Waals surface area contributed by atoms with Gasteiger partial charge < -0.3 is 19.8 Å². The number of benzene rings is 1. The highest BCUT2D eigenvalue weighted by molar-refractivity contribution is 5.60. The standard InChI is InChI=1S/C11H9F2N3O2/c1-6-5-14-10(15-6)16-7-2-3-8-9(4-7)18-11(12,13)17-8/h2-5H,1H3,(H2,14,15,16). The Morgan fingerprint density at radius 1 is 1.28 bits per heavy atom. The van der Waals surface area contributed by atoms with Gasteiger partial charge in [0.05, 0.1) is 0 Å². The molecule has 0 spiro atoms. The Morgan fingerprint density at radius 2 is 2.06 bits per heavy atom. The van der Waals surface area contributed by atoms with E-state index in [0.717, 1.165) is 5.69 Å². The molecule has 0 unspecified atom stereocenters. The molecule has 7 heteroatoms. The van der Waals surface area contributed by atoms with Crippen LogP contribution in [0.3, 0.4) is 0 Å². The number of imidazole rings is 1. The summed E-state index contributed by atoms with van der Waals surface area (Å²) in [6.45, 7) is 1.86. The predicted molar refractivity (Wildman–Crippen MR) is 59.3 cm³/mol. The molecule has 94 valence electrons. The van der Waals surface area contributed by atoms with E-state index in [1.165, 1.54) is 12.1 Å². The molecule has 0 amide bonds. The van der Waals surface area contributed by atoms with Gasteiger partial charge in [-0.1, -0.05) is 0 Å². The molecule has 0 atom stereocenters. The Hall–Kier alpha value is -2.31. The van der Waals surface area contributed by atoms with Gasteiger partial charge in [-0.25, -0.2) is 4.98 Å². The number of anilines is 2. The highest BCUT2D eigenvalue weighted by Crippen LogP contribution is 2.42. The maximum absolute atomic E-state index is 12.8. The maximum Gasteiger partial charge on any atom is 0.586 e. The first kappa shape index (κ1) is 10.8. The van der Waals surface area contributed by atoms with Gasteiger partial charge in [-0.05, 0) is 19.1 Å². The molecule has 1 aliphatic heterocycles. The number of aryl methyl sites for hydroxylation is 1. The van der Waals surface area contributed by atoms with E-state index >= 15 is 0 Å². The summed E-state index contributed by atoms with van der Waals surface area (Å²) in [4.78, 5) is 7.01. The maximum atomic E-state index is 12.8. The van der Waals surface area contributed by atoms with Crippen LogP contribution in [0.25, 0.3) is 0 Å². The number of nitrogens with zero attached hydrogens (tertiary/aromatic N) is 1. The van der Waals surface area contributed by atoms with Crippen LogP contribution in [0.2, 0.25) is 0 Å². The lowest BCUT2D eigenvalue weighted by Gasteiger charge is -2.04. The number of hydrogen-bond donors (Lipinski definition) is 2. The fourth-order valence-corrected chi connectivity index (χ4v) is 1.64. The Labute approximate surface area is 101 Å². The fraction of sp³-hybridized carbons (Fsp3) is 0.182. The summed E-state index contributed by atoms with van der Waals surface area (Å²) in [6.07, 6.45) is -1.94. The van der Waals surface area contributed by atoms with Crippen molar-refractivity contribution in [2.45, 2.75) is 13.2 Å². The number of ether oxygens (including phenoxy) is 2. The van der Waals surface area contributed by atoms with Crippen LogP contribution in [0.15, 0.2) is 24.4 Å². The molecular weight excluding hydrogens is 244 g/mol. The van der Waals surface area contributed by atoms with Crippen LogP contribution in [-0.4, -0.2) is 16.3 Å². The van der Waals surface area contributed by atoms with Gasteiger partial charge >= 0.3 is 6.29 Å². The lowest BCUT2D eigenvalue weighted by Crippen LogP contribution is -2.25. The molecule has 1 aromatic heterocycles. The van der Waals surface area contributed by atoms with Crippen molar-refractivity contribution < 1.29 is 18.3 Å². The number of hydrogen-bond acceptors (Lipinski definition) is 4. The number of rotatable bonds is 2. The first-order valence-electron chi connectivity index (χ1n) is 5.20. The number of fused-ring (bicyclic) bond motifs is 1. The van der Waals surface area contributed by atoms with E-state index in [0.29, 0.717) is 11.6 Å². The molecule has 3 rings (SSSR count). The molecular formula is C11H9F2N3O2. The second-order valence-electron chi connectivity index (χ2n) is 3.87. The van der Waals surface area contributed by atoms with Crippen molar-refractivity contribution in [2.24, 2.45) is 0 Å². The van der Waals surface area contributed by atoms with Crippen molar-refractivity contribution in [1.82, 2.24) is 9.97 Å². The molecule has 2 heterocycles. The van der Waals surface area contributed by atoms with Crippen molar-refractivity contribution in [3.05, 3.63) is 30.1 Å². The van der Waals surface area contributed by atoms with Crippen molar-refractivity contribution in [3.63, 3.8) is 0 Å². The lowest BCUT2D eigenvalue weighted by atomic mass is 10.3. The van der Waals surface area contributed by atoms with Crippen molar-refractivity contribution in [2.75, 3.05) is 5.32 Å². The van der Waals surface area contributed by atoms with E-state index in [1.807, 2.05) is 6.92 Å². The summed E-state index contributed by atoms with van der Waals surface area (Å²) in [5.41, 5.74) is 1.47. The van der Waals surface area contributed by atoms with Gasteiger partial charge in [-0.15, -0.1) is 8.78 Å². The first-order valence-corrected chi connectivity index (χ1v) is 5.20. The molecule has 1 aromatic carbocycles. The Morgan fingerprint density at radius 3 is 2.78 bits per heavy atom. The third kappa shape index (κ3) is 1.94. The average Bonchev–Trinajstić information content (AvgIpc) is 2.80. The van der Waals surface area contributed by atoms with Crippen LogP contribution < -0.4 is 14.8 Å². The Bertz CT molecular complexity index is 598. The van der Waals surface area contributed by atoms with Crippen molar-refractivity contribution in [3.8, 4) is 11.5 Å². The normalized spacial score (nSPS) is 15.7. The van der Waals surface area contributed by atoms with Crippen LogP contribution in [0, 0.1) is 6.92 Å². The number of nitrogens with one attached hydrogen (secondary N) is 2. The number of aromatic amines is 1. The first-order chi connectivity index (χ1) is 8.52. The quantitative estimate of drug-likeness (QED) is 0.864. The predicted octanol–water partition coefficient (Wildman–Crippen LogP) is 2.78. The van der Waals surface area contributed by atoms with Crippen molar-refractivity contribution in [1.29, 1.82) is 0 Å². The van der Waals surface area contributed by atoms with Gasteiger partial charge in [-0.3, -0.25) is 0 Å². The van der Waals surface area contributed by atoms with E-state index in [-0.39, 0.29) is 11.5 Å². The summed E-state index contributed by atoms with van der Waals surface area (Å²) in [6, 6.07) is 4.43. The average molecular weight is 253 g/mol. The minimum Gasteiger partial charge on any atom is -0.395 e. The molecule has 0 bridgehead atoms. The zero-order valence-corrected chi connectivity index (χ0v) is 9.33. The molecule has 0 radical (unpaired) electrons. The minimum absolute atomic E-state index is 0.00622. The molecule has 0 saturated heterocycles. The summed E-state index contributed by atoms with van der Waals surface area (Å²) < 4.78 is 34.3. The third-order valence-corrected chi connectivity index (χ3v) is 2.37. The zero-order chi connectivity index (χ0) is 12.8. The summed E-state index contributed by atoms with van der Waals surface area (Å²) >= 11 is 0. The largest absolute Gasteiger partial charge is 0.586 e. The Kier molecular flexibility index (Phi) is 2.16. The molecule has 1 aliphatic rings. The summed E-state index contributed by atoms with van der Waals surface area (Å²) in [5, 5.41) is 2.93. The number of halogens is 2. The second-order valence-corrected chi connectivity index (χ2v) is 3.87. The second kappa shape index (κ2) is 3.59. The smallest absolute Gasteiger partial charge is 0.395 e. The fourth-order valence-electron chi connectivity index (χ4n) is 1.64. The molecule has 2 N–H and O–H groups in total. The number of H-pyrrole nitrogens is 1. The van der Waals surface area contributed by atoms with Crippen molar-refractivity contribution >= 4 is 11.6 Å². The number of aromatic nitrogens is 2. The van der Waals surface area contributed by atoms with Gasteiger partial charge in [0.15, 0.2) is 11.5 Å². The molecule has 2 aromatic rings. The lowest BCUT2D eigenvalue weighted by molar-refractivity contribution is -0.286. The topological polar surface area (TPSA) is 59.2 Å². The van der Waals surface area contributed by atoms with Gasteiger partial charge in [0.1, 0.15) is 0 Å². The highest BCUT2D eigenvalue weighted by Gasteiger charge is 2.43. The van der Waals surface area contributed by atoms with Gasteiger partial charge in [0.25, 0.3) is 0 Å². The Balaban J connectivity index is 1.84. The summed E-state index contributed by atoms with van der Waals surface area (Å²) in [7, 11) is 0. The minimum atomic E-state index is -3.60. The van der Waals surface area contributed by atoms with Gasteiger partial charge in [0, 0.05) is 23.6 Å². The van der Waals surface area contributed by atoms with E-state index in [2.05, 4.69) is 24.8 Å². The molecule has 0 fully saturated rings. The van der Waals surface area contributed by atoms with Gasteiger partial charge in [0.2, 0.25) is 5.95 Å². The van der Waals surface area contributed by atoms with E-state index in [4.69, 9.17) is 0 Å². The molecule has 0 saturated carbocycles. The van der Waals surface area contributed by atoms with Crippen LogP contribution >= 0.6 is 0 Å². The van der Waals surface area contributed by atoms with Crippen LogP contribution in [0.1, 0.15) is 5.69 Å². The molecule has 0 aliphatic carbocycles. The molecule has 18 heavy (non-hydrogen) atoms. The molecule has 5 nitrogen and oxygen atoms in total.